The van der Waals surface area contributed by atoms with Crippen LogP contribution in [0.5, 0.6) is 0 Å². The number of piperidine rings is 2. The number of fused-ring (bicyclic) bond motifs is 2. The second-order valence-electron chi connectivity index (χ2n) is 13.3. The molecule has 4 fully saturated rings. The standard InChI is InChI=1S/C16H19N3O2.C12H17NO2.C4H3BrN2.CH4/c1-15(2,3)21-14(20)19-10-12-8-16(12,11-19)5-4-13-9-17-6-7-18-13;1-5-12-6-9(12)7-13(8-12)10(14)15-11(2,3)4;5-4-3-6-1-2-7-4;/h6-7,9,12H,8,10-11H2,1-3H3;1,9H,6-8H2,2-4H3;1-3H;1H4. The molecule has 236 valence electrons. The van der Waals surface area contributed by atoms with Gasteiger partial charge < -0.3 is 19.3 Å². The van der Waals surface area contributed by atoms with E-state index in [9.17, 15) is 9.59 Å². The van der Waals surface area contributed by atoms with E-state index in [1.54, 1.807) is 47.0 Å². The van der Waals surface area contributed by atoms with Crippen molar-refractivity contribution in [2.45, 2.75) is 73.0 Å². The zero-order valence-corrected chi connectivity index (χ0v) is 27.2. The van der Waals surface area contributed by atoms with E-state index in [0.29, 0.717) is 30.6 Å². The molecule has 0 bridgehead atoms. The van der Waals surface area contributed by atoms with Gasteiger partial charge in [-0.2, -0.15) is 0 Å². The third-order valence-corrected chi connectivity index (χ3v) is 7.83. The molecule has 2 saturated carbocycles. The molecule has 2 aliphatic carbocycles. The second kappa shape index (κ2) is 13.5. The van der Waals surface area contributed by atoms with Crippen LogP contribution >= 0.6 is 15.9 Å². The van der Waals surface area contributed by atoms with Gasteiger partial charge in [-0.3, -0.25) is 9.97 Å². The maximum Gasteiger partial charge on any atom is 0.410 e. The fraction of sp³-hybridized carbons (Fsp3) is 0.576. The zero-order chi connectivity index (χ0) is 31.5. The van der Waals surface area contributed by atoms with Crippen LogP contribution in [-0.4, -0.2) is 79.3 Å². The lowest BCUT2D eigenvalue weighted by molar-refractivity contribution is 0.0258. The Morgan fingerprint density at radius 2 is 1.36 bits per heavy atom. The Hall–Kier alpha value is -3.70. The van der Waals surface area contributed by atoms with E-state index in [0.717, 1.165) is 30.5 Å². The summed E-state index contributed by atoms with van der Waals surface area (Å²) >= 11 is 3.14. The molecule has 4 aliphatic rings. The zero-order valence-electron chi connectivity index (χ0n) is 25.6. The van der Waals surface area contributed by atoms with Gasteiger partial charge in [0.2, 0.25) is 0 Å². The van der Waals surface area contributed by atoms with E-state index >= 15 is 0 Å². The first-order valence-corrected chi connectivity index (χ1v) is 15.1. The van der Waals surface area contributed by atoms with Crippen LogP contribution in [0.15, 0.2) is 41.8 Å². The molecule has 11 heteroatoms. The monoisotopic (exact) mass is 666 g/mol. The Kier molecular flexibility index (Phi) is 10.7. The lowest BCUT2D eigenvalue weighted by Gasteiger charge is -2.25. The Balaban J connectivity index is 0.000000200. The van der Waals surface area contributed by atoms with Crippen LogP contribution in [-0.2, 0) is 9.47 Å². The summed E-state index contributed by atoms with van der Waals surface area (Å²) in [6.07, 6.45) is 16.9. The lowest BCUT2D eigenvalue weighted by Crippen LogP contribution is -2.37. The highest BCUT2D eigenvalue weighted by Gasteiger charge is 2.61. The van der Waals surface area contributed by atoms with Crippen molar-refractivity contribution in [1.29, 1.82) is 0 Å². The molecule has 2 aromatic rings. The number of nitrogens with zero attached hydrogens (tertiary/aromatic N) is 6. The molecular weight excluding hydrogens is 624 g/mol. The van der Waals surface area contributed by atoms with Gasteiger partial charge in [0.25, 0.3) is 0 Å². The molecule has 0 aromatic carbocycles. The van der Waals surface area contributed by atoms with Crippen molar-refractivity contribution in [2.24, 2.45) is 22.7 Å². The van der Waals surface area contributed by atoms with Crippen LogP contribution in [0, 0.1) is 46.9 Å². The maximum absolute atomic E-state index is 12.1. The maximum atomic E-state index is 12.1. The summed E-state index contributed by atoms with van der Waals surface area (Å²) in [7, 11) is 0. The molecule has 4 atom stereocenters. The highest BCUT2D eigenvalue weighted by atomic mass is 79.9. The Morgan fingerprint density at radius 3 is 1.77 bits per heavy atom. The highest BCUT2D eigenvalue weighted by molar-refractivity contribution is 9.10. The molecule has 0 radical (unpaired) electrons. The largest absolute Gasteiger partial charge is 0.444 e. The van der Waals surface area contributed by atoms with Crippen LogP contribution in [0.2, 0.25) is 0 Å². The van der Waals surface area contributed by atoms with Gasteiger partial charge in [0, 0.05) is 51.0 Å². The fourth-order valence-electron chi connectivity index (χ4n) is 5.15. The minimum Gasteiger partial charge on any atom is -0.444 e. The first kappa shape index (κ1) is 34.8. The second-order valence-corrected chi connectivity index (χ2v) is 14.2. The summed E-state index contributed by atoms with van der Waals surface area (Å²) in [6, 6.07) is 0. The van der Waals surface area contributed by atoms with Gasteiger partial charge >= 0.3 is 12.2 Å². The minimum absolute atomic E-state index is 0. The van der Waals surface area contributed by atoms with Crippen LogP contribution < -0.4 is 0 Å². The van der Waals surface area contributed by atoms with Crippen LogP contribution in [0.1, 0.15) is 67.5 Å². The average Bonchev–Trinajstić information content (AvgIpc) is 3.72. The fourth-order valence-corrected chi connectivity index (χ4v) is 5.39. The van der Waals surface area contributed by atoms with Gasteiger partial charge in [-0.25, -0.2) is 19.6 Å². The molecule has 0 N–H and O–H groups in total. The molecule has 2 aliphatic heterocycles. The molecule has 4 unspecified atom stereocenters. The Bertz CT molecular complexity index is 1410. The number of likely N-dealkylation sites (tertiary alicyclic amines) is 2. The first-order chi connectivity index (χ1) is 20.1. The Labute approximate surface area is 269 Å². The first-order valence-electron chi connectivity index (χ1n) is 14.3. The SMILES string of the molecule is Brc1cnccn1.C.C#CC12CC1CN(C(=O)OC(C)(C)C)C2.CC(C)(C)OC(=O)N1CC2CC2(C#Cc2cnccn2)C1. The van der Waals surface area contributed by atoms with Crippen LogP contribution in [0.25, 0.3) is 0 Å². The number of hydrogen-bond acceptors (Lipinski definition) is 8. The number of ether oxygens (including phenoxy) is 2. The van der Waals surface area contributed by atoms with Gasteiger partial charge in [-0.15, -0.1) is 6.42 Å². The highest BCUT2D eigenvalue weighted by Crippen LogP contribution is 2.58. The third kappa shape index (κ3) is 9.40. The molecule has 0 spiro atoms. The predicted molar refractivity (Wildman–Crippen MR) is 171 cm³/mol. The van der Waals surface area contributed by atoms with E-state index in [4.69, 9.17) is 15.9 Å². The summed E-state index contributed by atoms with van der Waals surface area (Å²) < 4.78 is 11.5. The van der Waals surface area contributed by atoms with E-state index in [-0.39, 0.29) is 30.4 Å². The summed E-state index contributed by atoms with van der Waals surface area (Å²) in [5.74, 6) is 10.2. The lowest BCUT2D eigenvalue weighted by atomic mass is 10.1. The topological polar surface area (TPSA) is 111 Å². The quantitative estimate of drug-likeness (QED) is 0.323. The van der Waals surface area contributed by atoms with Crippen molar-refractivity contribution >= 4 is 28.1 Å². The number of rotatable bonds is 0. The van der Waals surface area contributed by atoms with E-state index in [1.807, 2.05) is 41.5 Å². The average molecular weight is 668 g/mol. The third-order valence-electron chi connectivity index (χ3n) is 7.42. The number of aromatic nitrogens is 4. The van der Waals surface area contributed by atoms with E-state index in [1.165, 1.54) is 0 Å². The van der Waals surface area contributed by atoms with Crippen molar-refractivity contribution in [3.63, 3.8) is 0 Å². The minimum atomic E-state index is -0.456. The number of carbonyl (C=O) groups is 2. The molecular formula is C33H43BrN6O4. The molecule has 4 heterocycles. The number of halogens is 1. The van der Waals surface area contributed by atoms with Gasteiger partial charge in [-0.1, -0.05) is 19.3 Å². The summed E-state index contributed by atoms with van der Waals surface area (Å²) in [4.78, 5) is 43.1. The van der Waals surface area contributed by atoms with Crippen molar-refractivity contribution in [1.82, 2.24) is 29.7 Å². The molecule has 2 amide bonds. The number of carbonyl (C=O) groups excluding carboxylic acids is 2. The van der Waals surface area contributed by atoms with Gasteiger partial charge in [0.05, 0.1) is 23.2 Å². The van der Waals surface area contributed by atoms with Crippen LogP contribution in [0.3, 0.4) is 0 Å². The normalized spacial score (nSPS) is 25.4. The molecule has 6 rings (SSSR count). The smallest absolute Gasteiger partial charge is 0.410 e. The Morgan fingerprint density at radius 1 is 0.864 bits per heavy atom. The van der Waals surface area contributed by atoms with Crippen molar-refractivity contribution in [2.75, 3.05) is 26.2 Å². The van der Waals surface area contributed by atoms with E-state index < -0.39 is 11.2 Å². The number of hydrogen-bond donors (Lipinski definition) is 0. The van der Waals surface area contributed by atoms with Crippen LogP contribution in [0.4, 0.5) is 9.59 Å². The van der Waals surface area contributed by atoms with Gasteiger partial charge in [0.15, 0.2) is 0 Å². The van der Waals surface area contributed by atoms with Gasteiger partial charge in [-0.05, 0) is 88.1 Å². The van der Waals surface area contributed by atoms with Crippen molar-refractivity contribution in [3.05, 3.63) is 47.5 Å². The molecule has 10 nitrogen and oxygen atoms in total. The summed E-state index contributed by atoms with van der Waals surface area (Å²) in [6.45, 7) is 14.1. The number of amides is 2. The molecule has 2 aromatic heterocycles. The van der Waals surface area contributed by atoms with Crippen molar-refractivity contribution in [3.8, 4) is 24.2 Å². The molecule has 44 heavy (non-hydrogen) atoms. The number of terminal acetylenes is 1. The summed E-state index contributed by atoms with van der Waals surface area (Å²) in [5, 5.41) is 0. The molecule has 2 saturated heterocycles. The van der Waals surface area contributed by atoms with E-state index in [2.05, 4.69) is 53.6 Å². The van der Waals surface area contributed by atoms with Crippen molar-refractivity contribution < 1.29 is 19.1 Å². The van der Waals surface area contributed by atoms with Gasteiger partial charge in [0.1, 0.15) is 21.5 Å². The predicted octanol–water partition coefficient (Wildman–Crippen LogP) is 5.84. The summed E-state index contributed by atoms with van der Waals surface area (Å²) in [5.41, 5.74) is -0.283.